The highest BCUT2D eigenvalue weighted by molar-refractivity contribution is 5.72. The molecule has 0 spiro atoms. The maximum absolute atomic E-state index is 10.5. The molecular weight excluding hydrogens is 184 g/mol. The van der Waals surface area contributed by atoms with Gasteiger partial charge in [0.05, 0.1) is 0 Å². The second kappa shape index (κ2) is 11.5. The fourth-order valence-electron chi connectivity index (χ4n) is 1.73. The highest BCUT2D eigenvalue weighted by atomic mass is 16.1. The van der Waals surface area contributed by atoms with Crippen molar-refractivity contribution >= 4 is 6.29 Å². The SMILES string of the molecule is C/C=C(/C=O)CCCCCCCCCC. The highest BCUT2D eigenvalue weighted by Gasteiger charge is 1.94. The molecule has 0 heterocycles. The Kier molecular flexibility index (Phi) is 11.0. The van der Waals surface area contributed by atoms with E-state index in [0.717, 1.165) is 18.3 Å². The number of hydrogen-bond donors (Lipinski definition) is 0. The second-order valence-corrected chi connectivity index (χ2v) is 4.21. The third-order valence-corrected chi connectivity index (χ3v) is 2.84. The average Bonchev–Trinajstić information content (AvgIpc) is 2.27. The fourth-order valence-corrected chi connectivity index (χ4v) is 1.73. The van der Waals surface area contributed by atoms with Crippen molar-refractivity contribution in [2.75, 3.05) is 0 Å². The van der Waals surface area contributed by atoms with E-state index in [9.17, 15) is 4.79 Å². The zero-order chi connectivity index (χ0) is 11.4. The number of allylic oxidation sites excluding steroid dienone is 2. The first-order chi connectivity index (χ1) is 7.35. The number of carbonyl (C=O) groups is 1. The summed E-state index contributed by atoms with van der Waals surface area (Å²) >= 11 is 0. The van der Waals surface area contributed by atoms with Gasteiger partial charge in [-0.3, -0.25) is 4.79 Å². The predicted molar refractivity (Wildman–Crippen MR) is 67.0 cm³/mol. The summed E-state index contributed by atoms with van der Waals surface area (Å²) in [5.41, 5.74) is 0.959. The summed E-state index contributed by atoms with van der Waals surface area (Å²) in [5.74, 6) is 0. The van der Waals surface area contributed by atoms with E-state index in [-0.39, 0.29) is 0 Å². The summed E-state index contributed by atoms with van der Waals surface area (Å²) < 4.78 is 0. The van der Waals surface area contributed by atoms with Crippen LogP contribution in [-0.2, 0) is 4.79 Å². The molecule has 0 amide bonds. The van der Waals surface area contributed by atoms with E-state index in [2.05, 4.69) is 6.92 Å². The van der Waals surface area contributed by atoms with E-state index in [1.165, 1.54) is 51.4 Å². The lowest BCUT2D eigenvalue weighted by Crippen LogP contribution is -1.86. The van der Waals surface area contributed by atoms with Crippen LogP contribution in [0.15, 0.2) is 11.6 Å². The maximum atomic E-state index is 10.5. The monoisotopic (exact) mass is 210 g/mol. The largest absolute Gasteiger partial charge is 0.298 e. The van der Waals surface area contributed by atoms with Crippen LogP contribution >= 0.6 is 0 Å². The zero-order valence-electron chi connectivity index (χ0n) is 10.4. The van der Waals surface area contributed by atoms with E-state index in [1.54, 1.807) is 0 Å². The van der Waals surface area contributed by atoms with Gasteiger partial charge in [0.1, 0.15) is 6.29 Å². The van der Waals surface area contributed by atoms with Crippen molar-refractivity contribution in [3.8, 4) is 0 Å². The smallest absolute Gasteiger partial charge is 0.145 e. The molecule has 0 rings (SSSR count). The lowest BCUT2D eigenvalue weighted by molar-refractivity contribution is -0.105. The van der Waals surface area contributed by atoms with Crippen molar-refractivity contribution in [3.05, 3.63) is 11.6 Å². The summed E-state index contributed by atoms with van der Waals surface area (Å²) in [5, 5.41) is 0. The van der Waals surface area contributed by atoms with Crippen LogP contribution in [0.3, 0.4) is 0 Å². The van der Waals surface area contributed by atoms with Gasteiger partial charge in [-0.2, -0.15) is 0 Å². The zero-order valence-corrected chi connectivity index (χ0v) is 10.4. The molecule has 0 fully saturated rings. The van der Waals surface area contributed by atoms with Crippen molar-refractivity contribution < 1.29 is 4.79 Å². The van der Waals surface area contributed by atoms with Crippen LogP contribution in [0.1, 0.15) is 71.6 Å². The Hall–Kier alpha value is -0.590. The van der Waals surface area contributed by atoms with Crippen LogP contribution in [0.25, 0.3) is 0 Å². The van der Waals surface area contributed by atoms with Gasteiger partial charge in [0, 0.05) is 0 Å². The van der Waals surface area contributed by atoms with Gasteiger partial charge in [-0.25, -0.2) is 0 Å². The molecule has 0 aromatic rings. The lowest BCUT2D eigenvalue weighted by Gasteiger charge is -2.01. The molecule has 1 heteroatoms. The normalized spacial score (nSPS) is 11.7. The van der Waals surface area contributed by atoms with Gasteiger partial charge in [0.25, 0.3) is 0 Å². The van der Waals surface area contributed by atoms with E-state index in [0.29, 0.717) is 0 Å². The highest BCUT2D eigenvalue weighted by Crippen LogP contribution is 2.11. The average molecular weight is 210 g/mol. The molecule has 88 valence electrons. The van der Waals surface area contributed by atoms with Crippen LogP contribution < -0.4 is 0 Å². The Bertz CT molecular complexity index is 170. The van der Waals surface area contributed by atoms with E-state index in [1.807, 2.05) is 13.0 Å². The minimum absolute atomic E-state index is 0.959. The summed E-state index contributed by atoms with van der Waals surface area (Å²) in [6.45, 7) is 4.19. The quantitative estimate of drug-likeness (QED) is 0.291. The number of unbranched alkanes of at least 4 members (excludes halogenated alkanes) is 7. The van der Waals surface area contributed by atoms with Crippen LogP contribution in [0.5, 0.6) is 0 Å². The Morgan fingerprint density at radius 1 is 0.933 bits per heavy atom. The lowest BCUT2D eigenvalue weighted by atomic mass is 10.0. The maximum Gasteiger partial charge on any atom is 0.145 e. The molecule has 15 heavy (non-hydrogen) atoms. The number of rotatable bonds is 10. The number of aldehydes is 1. The Labute approximate surface area is 95.0 Å². The van der Waals surface area contributed by atoms with E-state index < -0.39 is 0 Å². The molecule has 0 aliphatic carbocycles. The third kappa shape index (κ3) is 9.71. The third-order valence-electron chi connectivity index (χ3n) is 2.84. The number of carbonyl (C=O) groups excluding carboxylic acids is 1. The van der Waals surface area contributed by atoms with E-state index in [4.69, 9.17) is 0 Å². The molecule has 0 unspecified atom stereocenters. The van der Waals surface area contributed by atoms with Crippen LogP contribution in [-0.4, -0.2) is 6.29 Å². The van der Waals surface area contributed by atoms with Gasteiger partial charge >= 0.3 is 0 Å². The van der Waals surface area contributed by atoms with Crippen molar-refractivity contribution in [2.45, 2.75) is 71.6 Å². The molecule has 0 saturated carbocycles. The minimum Gasteiger partial charge on any atom is -0.298 e. The van der Waals surface area contributed by atoms with Gasteiger partial charge in [-0.15, -0.1) is 0 Å². The first kappa shape index (κ1) is 14.4. The molecule has 0 aromatic heterocycles. The molecule has 0 aromatic carbocycles. The van der Waals surface area contributed by atoms with E-state index >= 15 is 0 Å². The van der Waals surface area contributed by atoms with Crippen molar-refractivity contribution in [3.63, 3.8) is 0 Å². The Balaban J connectivity index is 3.14. The molecule has 0 aliphatic rings. The van der Waals surface area contributed by atoms with Gasteiger partial charge in [0.15, 0.2) is 0 Å². The summed E-state index contributed by atoms with van der Waals surface area (Å²) in [4.78, 5) is 10.5. The number of hydrogen-bond acceptors (Lipinski definition) is 1. The van der Waals surface area contributed by atoms with Crippen LogP contribution in [0.4, 0.5) is 0 Å². The van der Waals surface area contributed by atoms with Gasteiger partial charge in [-0.05, 0) is 25.3 Å². The molecular formula is C14H26O. The van der Waals surface area contributed by atoms with Crippen molar-refractivity contribution in [1.29, 1.82) is 0 Å². The van der Waals surface area contributed by atoms with Crippen molar-refractivity contribution in [1.82, 2.24) is 0 Å². The van der Waals surface area contributed by atoms with Gasteiger partial charge in [0.2, 0.25) is 0 Å². The first-order valence-electron chi connectivity index (χ1n) is 6.45. The Morgan fingerprint density at radius 3 is 1.93 bits per heavy atom. The molecule has 0 N–H and O–H groups in total. The Morgan fingerprint density at radius 2 is 1.47 bits per heavy atom. The molecule has 1 nitrogen and oxygen atoms in total. The second-order valence-electron chi connectivity index (χ2n) is 4.21. The minimum atomic E-state index is 0.959. The summed E-state index contributed by atoms with van der Waals surface area (Å²) in [6.07, 6.45) is 14.5. The molecule has 0 aliphatic heterocycles. The molecule has 0 bridgehead atoms. The first-order valence-corrected chi connectivity index (χ1v) is 6.45. The van der Waals surface area contributed by atoms with Crippen LogP contribution in [0.2, 0.25) is 0 Å². The van der Waals surface area contributed by atoms with Crippen molar-refractivity contribution in [2.24, 2.45) is 0 Å². The van der Waals surface area contributed by atoms with Gasteiger partial charge in [-0.1, -0.05) is 57.9 Å². The molecule has 0 atom stereocenters. The topological polar surface area (TPSA) is 17.1 Å². The summed E-state index contributed by atoms with van der Waals surface area (Å²) in [7, 11) is 0. The fraction of sp³-hybridized carbons (Fsp3) is 0.786. The standard InChI is InChI=1S/C14H26O/c1-3-5-6-7-8-9-10-11-12-14(4-2)13-15/h4,13H,3,5-12H2,1-2H3/b14-4+. The van der Waals surface area contributed by atoms with Crippen LogP contribution in [0, 0.1) is 0 Å². The summed E-state index contributed by atoms with van der Waals surface area (Å²) in [6, 6.07) is 0. The molecule has 0 saturated heterocycles. The van der Waals surface area contributed by atoms with Gasteiger partial charge < -0.3 is 0 Å². The predicted octanol–water partition coefficient (Wildman–Crippen LogP) is 4.66. The molecule has 0 radical (unpaired) electrons.